The highest BCUT2D eigenvalue weighted by atomic mass is 19.1. The molecule has 126 valence electrons. The number of carbonyl (C=O) groups excluding carboxylic acids is 2. The zero-order chi connectivity index (χ0) is 17.4. The molecular formula is C16H14F2N2O4. The molecule has 2 aromatic rings. The number of halogens is 2. The van der Waals surface area contributed by atoms with Crippen molar-refractivity contribution >= 4 is 11.8 Å². The Bertz CT molecular complexity index is 663. The number of nitrogens with one attached hydrogen (secondary N) is 2. The van der Waals surface area contributed by atoms with Crippen LogP contribution in [0.15, 0.2) is 48.5 Å². The van der Waals surface area contributed by atoms with E-state index in [0.717, 1.165) is 12.1 Å². The van der Waals surface area contributed by atoms with Gasteiger partial charge in [0.05, 0.1) is 0 Å². The van der Waals surface area contributed by atoms with Gasteiger partial charge in [0.15, 0.2) is 13.2 Å². The van der Waals surface area contributed by atoms with Crippen molar-refractivity contribution < 1.29 is 27.8 Å². The van der Waals surface area contributed by atoms with Gasteiger partial charge in [-0.3, -0.25) is 20.4 Å². The third-order valence-electron chi connectivity index (χ3n) is 2.67. The van der Waals surface area contributed by atoms with Crippen molar-refractivity contribution in [3.8, 4) is 11.5 Å². The first-order valence-electron chi connectivity index (χ1n) is 6.87. The molecule has 0 bridgehead atoms. The summed E-state index contributed by atoms with van der Waals surface area (Å²) in [6.45, 7) is -0.816. The van der Waals surface area contributed by atoms with Gasteiger partial charge in [-0.2, -0.15) is 0 Å². The van der Waals surface area contributed by atoms with Gasteiger partial charge in [-0.25, -0.2) is 8.78 Å². The molecule has 2 amide bonds. The molecule has 2 N–H and O–H groups in total. The number of benzene rings is 2. The first-order valence-corrected chi connectivity index (χ1v) is 6.87. The predicted molar refractivity (Wildman–Crippen MR) is 80.1 cm³/mol. The van der Waals surface area contributed by atoms with E-state index in [-0.39, 0.29) is 11.5 Å². The Morgan fingerprint density at radius 2 is 1.21 bits per heavy atom. The lowest BCUT2D eigenvalue weighted by atomic mass is 10.3. The number of amides is 2. The number of ether oxygens (including phenoxy) is 2. The van der Waals surface area contributed by atoms with Crippen LogP contribution in [0.1, 0.15) is 0 Å². The molecule has 0 unspecified atom stereocenters. The van der Waals surface area contributed by atoms with E-state index in [1.165, 1.54) is 36.4 Å². The third kappa shape index (κ3) is 5.91. The molecular weight excluding hydrogens is 322 g/mol. The third-order valence-corrected chi connectivity index (χ3v) is 2.67. The van der Waals surface area contributed by atoms with E-state index in [2.05, 4.69) is 10.9 Å². The van der Waals surface area contributed by atoms with Gasteiger partial charge in [0.25, 0.3) is 11.8 Å². The molecule has 0 aliphatic heterocycles. The smallest absolute Gasteiger partial charge is 0.276 e. The molecule has 0 atom stereocenters. The molecule has 24 heavy (non-hydrogen) atoms. The summed E-state index contributed by atoms with van der Waals surface area (Å²) in [5.74, 6) is -1.89. The van der Waals surface area contributed by atoms with Crippen molar-refractivity contribution in [1.29, 1.82) is 0 Å². The van der Waals surface area contributed by atoms with Crippen molar-refractivity contribution in [3.05, 3.63) is 60.2 Å². The predicted octanol–water partition coefficient (Wildman–Crippen LogP) is 1.57. The molecule has 6 nitrogen and oxygen atoms in total. The average Bonchev–Trinajstić information content (AvgIpc) is 2.56. The van der Waals surface area contributed by atoms with Crippen LogP contribution in [0.2, 0.25) is 0 Å². The van der Waals surface area contributed by atoms with Gasteiger partial charge in [-0.1, -0.05) is 12.1 Å². The topological polar surface area (TPSA) is 76.7 Å². The largest absolute Gasteiger partial charge is 0.484 e. The van der Waals surface area contributed by atoms with Gasteiger partial charge >= 0.3 is 0 Å². The number of rotatable bonds is 6. The monoisotopic (exact) mass is 336 g/mol. The lowest BCUT2D eigenvalue weighted by molar-refractivity contribution is -0.131. The SMILES string of the molecule is O=C(COc1cccc(F)c1)NNC(=O)COc1cccc(F)c1. The minimum absolute atomic E-state index is 0.186. The van der Waals surface area contributed by atoms with E-state index in [4.69, 9.17) is 9.47 Å². The highest BCUT2D eigenvalue weighted by Crippen LogP contribution is 2.12. The maximum absolute atomic E-state index is 12.9. The van der Waals surface area contributed by atoms with Crippen LogP contribution in [0.4, 0.5) is 8.78 Å². The van der Waals surface area contributed by atoms with Gasteiger partial charge in [0, 0.05) is 12.1 Å². The van der Waals surface area contributed by atoms with Gasteiger partial charge in [-0.05, 0) is 24.3 Å². The molecule has 2 aromatic carbocycles. The summed E-state index contributed by atoms with van der Waals surface area (Å²) >= 11 is 0. The molecule has 0 spiro atoms. The van der Waals surface area contributed by atoms with E-state index >= 15 is 0 Å². The fourth-order valence-electron chi connectivity index (χ4n) is 1.62. The molecule has 0 aromatic heterocycles. The highest BCUT2D eigenvalue weighted by molar-refractivity contribution is 5.83. The van der Waals surface area contributed by atoms with E-state index < -0.39 is 36.7 Å². The lowest BCUT2D eigenvalue weighted by Gasteiger charge is -2.09. The van der Waals surface area contributed by atoms with E-state index in [0.29, 0.717) is 0 Å². The summed E-state index contributed by atoms with van der Waals surface area (Å²) in [4.78, 5) is 23.0. The Kier molecular flexibility index (Phi) is 6.07. The molecule has 0 fully saturated rings. The van der Waals surface area contributed by atoms with Crippen LogP contribution < -0.4 is 20.3 Å². The Balaban J connectivity index is 1.66. The first-order chi connectivity index (χ1) is 11.5. The van der Waals surface area contributed by atoms with Crippen LogP contribution in [0.3, 0.4) is 0 Å². The van der Waals surface area contributed by atoms with E-state index in [1.54, 1.807) is 0 Å². The molecule has 8 heteroatoms. The minimum Gasteiger partial charge on any atom is -0.484 e. The normalized spacial score (nSPS) is 9.92. The van der Waals surface area contributed by atoms with Gasteiger partial charge in [0.1, 0.15) is 23.1 Å². The standard InChI is InChI=1S/C16H14F2N2O4/c17-11-3-1-5-13(7-11)23-9-15(21)19-20-16(22)10-24-14-6-2-4-12(18)8-14/h1-8H,9-10H2,(H,19,21)(H,20,22). The number of carbonyl (C=O) groups is 2. The molecule has 0 aliphatic carbocycles. The quantitative estimate of drug-likeness (QED) is 0.785. The fourth-order valence-corrected chi connectivity index (χ4v) is 1.62. The van der Waals surface area contributed by atoms with Crippen LogP contribution in [0.25, 0.3) is 0 Å². The van der Waals surface area contributed by atoms with Crippen LogP contribution in [-0.4, -0.2) is 25.0 Å². The lowest BCUT2D eigenvalue weighted by Crippen LogP contribution is -2.45. The first kappa shape index (κ1) is 17.2. The van der Waals surface area contributed by atoms with Crippen molar-refractivity contribution in [1.82, 2.24) is 10.9 Å². The summed E-state index contributed by atoms with van der Waals surface area (Å²) in [5.41, 5.74) is 4.21. The van der Waals surface area contributed by atoms with E-state index in [1.807, 2.05) is 0 Å². The number of hydrazine groups is 1. The van der Waals surface area contributed by atoms with Gasteiger partial charge in [0.2, 0.25) is 0 Å². The summed E-state index contributed by atoms with van der Waals surface area (Å²) in [6.07, 6.45) is 0. The van der Waals surface area contributed by atoms with Crippen LogP contribution >= 0.6 is 0 Å². The van der Waals surface area contributed by atoms with Gasteiger partial charge < -0.3 is 9.47 Å². The summed E-state index contributed by atoms with van der Waals surface area (Å²) < 4.78 is 35.9. The van der Waals surface area contributed by atoms with Crippen molar-refractivity contribution in [2.75, 3.05) is 13.2 Å². The minimum atomic E-state index is -0.640. The molecule has 2 rings (SSSR count). The highest BCUT2D eigenvalue weighted by Gasteiger charge is 2.07. The van der Waals surface area contributed by atoms with Crippen molar-refractivity contribution in [3.63, 3.8) is 0 Å². The molecule has 0 heterocycles. The molecule has 0 saturated carbocycles. The Morgan fingerprint density at radius 3 is 1.58 bits per heavy atom. The number of hydrogen-bond donors (Lipinski definition) is 2. The van der Waals surface area contributed by atoms with E-state index in [9.17, 15) is 18.4 Å². The second-order valence-electron chi connectivity index (χ2n) is 4.59. The summed E-state index contributed by atoms with van der Waals surface area (Å²) in [7, 11) is 0. The summed E-state index contributed by atoms with van der Waals surface area (Å²) in [5, 5.41) is 0. The van der Waals surface area contributed by atoms with Crippen molar-refractivity contribution in [2.45, 2.75) is 0 Å². The number of hydrogen-bond acceptors (Lipinski definition) is 4. The van der Waals surface area contributed by atoms with Crippen LogP contribution in [-0.2, 0) is 9.59 Å². The Labute approximate surface area is 136 Å². The molecule has 0 radical (unpaired) electrons. The van der Waals surface area contributed by atoms with Gasteiger partial charge in [-0.15, -0.1) is 0 Å². The second kappa shape index (κ2) is 8.47. The maximum Gasteiger partial charge on any atom is 0.276 e. The van der Waals surface area contributed by atoms with Crippen molar-refractivity contribution in [2.24, 2.45) is 0 Å². The Hall–Kier alpha value is -3.16. The Morgan fingerprint density at radius 1 is 0.792 bits per heavy atom. The van der Waals surface area contributed by atoms with Crippen LogP contribution in [0.5, 0.6) is 11.5 Å². The van der Waals surface area contributed by atoms with Crippen LogP contribution in [0, 0.1) is 11.6 Å². The fraction of sp³-hybridized carbons (Fsp3) is 0.125. The second-order valence-corrected chi connectivity index (χ2v) is 4.59. The summed E-state index contributed by atoms with van der Waals surface area (Å²) in [6, 6.07) is 10.6. The zero-order valence-electron chi connectivity index (χ0n) is 12.4. The average molecular weight is 336 g/mol. The molecule has 0 aliphatic rings. The molecule has 0 saturated heterocycles. The zero-order valence-corrected chi connectivity index (χ0v) is 12.4. The maximum atomic E-state index is 12.9.